The van der Waals surface area contributed by atoms with Crippen LogP contribution in [-0.2, 0) is 22.0 Å². The molecule has 2 aliphatic rings. The second kappa shape index (κ2) is 3.93. The highest BCUT2D eigenvalue weighted by molar-refractivity contribution is 7.89. The average molecular weight is 285 g/mol. The Bertz CT molecular complexity index is 770. The van der Waals surface area contributed by atoms with Crippen molar-refractivity contribution in [2.45, 2.75) is 23.3 Å². The summed E-state index contributed by atoms with van der Waals surface area (Å²) in [6.45, 7) is 0. The first-order valence-electron chi connectivity index (χ1n) is 6.79. The summed E-state index contributed by atoms with van der Waals surface area (Å²) >= 11 is 0. The maximum Gasteiger partial charge on any atom is 0.241 e. The number of fused-ring (bicyclic) bond motifs is 3. The second-order valence-electron chi connectivity index (χ2n) is 5.65. The van der Waals surface area contributed by atoms with Crippen molar-refractivity contribution < 1.29 is 8.42 Å². The molecule has 102 valence electrons. The first kappa shape index (κ1) is 12.1. The lowest BCUT2D eigenvalue weighted by Gasteiger charge is -2.17. The van der Waals surface area contributed by atoms with Gasteiger partial charge in [-0.3, -0.25) is 0 Å². The summed E-state index contributed by atoms with van der Waals surface area (Å²) in [5, 5.41) is 0. The molecule has 1 N–H and O–H groups in total. The first-order valence-corrected chi connectivity index (χ1v) is 8.28. The van der Waals surface area contributed by atoms with Crippen LogP contribution >= 0.6 is 0 Å². The van der Waals surface area contributed by atoms with E-state index in [0.29, 0.717) is 10.8 Å². The summed E-state index contributed by atoms with van der Waals surface area (Å²) in [5.74, 6) is 0.415. The molecule has 2 atom stereocenters. The fraction of sp³-hybridized carbons (Fsp3) is 0.250. The minimum Gasteiger partial charge on any atom is -0.207 e. The largest absolute Gasteiger partial charge is 0.241 e. The third kappa shape index (κ3) is 1.65. The van der Waals surface area contributed by atoms with Crippen LogP contribution in [0.2, 0.25) is 0 Å². The third-order valence-corrected chi connectivity index (χ3v) is 5.97. The molecule has 0 amide bonds. The number of nitrogens with one attached hydrogen (secondary N) is 1. The van der Waals surface area contributed by atoms with Crippen LogP contribution in [0.25, 0.3) is 0 Å². The van der Waals surface area contributed by atoms with Crippen LogP contribution in [0.5, 0.6) is 0 Å². The van der Waals surface area contributed by atoms with Gasteiger partial charge in [0.2, 0.25) is 10.0 Å². The van der Waals surface area contributed by atoms with Gasteiger partial charge in [0.15, 0.2) is 0 Å². The molecule has 2 unspecified atom stereocenters. The van der Waals surface area contributed by atoms with E-state index in [0.717, 1.165) is 18.4 Å². The van der Waals surface area contributed by atoms with E-state index in [9.17, 15) is 8.42 Å². The van der Waals surface area contributed by atoms with E-state index in [1.807, 2.05) is 18.2 Å². The molecule has 1 saturated carbocycles. The lowest BCUT2D eigenvalue weighted by Crippen LogP contribution is -2.35. The quantitative estimate of drug-likeness (QED) is 0.941. The fourth-order valence-corrected chi connectivity index (χ4v) is 4.86. The number of benzene rings is 2. The summed E-state index contributed by atoms with van der Waals surface area (Å²) in [7, 11) is -3.45. The predicted molar refractivity (Wildman–Crippen MR) is 76.7 cm³/mol. The molecule has 4 rings (SSSR count). The van der Waals surface area contributed by atoms with Crippen molar-refractivity contribution in [3.8, 4) is 0 Å². The van der Waals surface area contributed by atoms with Crippen LogP contribution in [0.15, 0.2) is 59.5 Å². The van der Waals surface area contributed by atoms with Gasteiger partial charge in [-0.25, -0.2) is 13.1 Å². The molecule has 0 aliphatic heterocycles. The van der Waals surface area contributed by atoms with Gasteiger partial charge < -0.3 is 0 Å². The smallest absolute Gasteiger partial charge is 0.207 e. The maximum absolute atomic E-state index is 12.5. The topological polar surface area (TPSA) is 46.2 Å². The lowest BCUT2D eigenvalue weighted by molar-refractivity contribution is 0.541. The van der Waals surface area contributed by atoms with Crippen molar-refractivity contribution in [2.75, 3.05) is 0 Å². The van der Waals surface area contributed by atoms with Gasteiger partial charge in [0.25, 0.3) is 0 Å². The fourth-order valence-electron chi connectivity index (χ4n) is 3.38. The second-order valence-corrected chi connectivity index (χ2v) is 7.33. The average Bonchev–Trinajstić information content (AvgIpc) is 3.05. The highest BCUT2D eigenvalue weighted by Gasteiger charge is 2.61. The van der Waals surface area contributed by atoms with E-state index in [2.05, 4.69) is 16.9 Å². The van der Waals surface area contributed by atoms with Crippen molar-refractivity contribution in [3.05, 3.63) is 65.7 Å². The Hall–Kier alpha value is -1.65. The molecule has 0 heterocycles. The maximum atomic E-state index is 12.5. The summed E-state index contributed by atoms with van der Waals surface area (Å²) in [4.78, 5) is 0.337. The molecule has 20 heavy (non-hydrogen) atoms. The zero-order valence-corrected chi connectivity index (χ0v) is 11.7. The monoisotopic (exact) mass is 285 g/mol. The van der Waals surface area contributed by atoms with Crippen molar-refractivity contribution in [2.24, 2.45) is 5.92 Å². The summed E-state index contributed by atoms with van der Waals surface area (Å²) in [6.07, 6.45) is 1.89. The normalized spacial score (nSPS) is 26.9. The van der Waals surface area contributed by atoms with Crippen molar-refractivity contribution in [1.29, 1.82) is 0 Å². The summed E-state index contributed by atoms with van der Waals surface area (Å²) in [5.41, 5.74) is 2.08. The van der Waals surface area contributed by atoms with Crippen molar-refractivity contribution in [1.82, 2.24) is 4.72 Å². The number of hydrogen-bond donors (Lipinski definition) is 1. The van der Waals surface area contributed by atoms with Gasteiger partial charge >= 0.3 is 0 Å². The van der Waals surface area contributed by atoms with Crippen LogP contribution in [0.1, 0.15) is 17.5 Å². The Kier molecular flexibility index (Phi) is 2.38. The van der Waals surface area contributed by atoms with Crippen molar-refractivity contribution in [3.63, 3.8) is 0 Å². The van der Waals surface area contributed by atoms with Crippen LogP contribution in [0.4, 0.5) is 0 Å². The molecule has 0 saturated heterocycles. The molecule has 2 aromatic rings. The van der Waals surface area contributed by atoms with Gasteiger partial charge in [-0.1, -0.05) is 42.5 Å². The van der Waals surface area contributed by atoms with Gasteiger partial charge in [-0.2, -0.15) is 0 Å². The van der Waals surface area contributed by atoms with E-state index >= 15 is 0 Å². The molecule has 0 bridgehead atoms. The Morgan fingerprint density at radius 1 is 1.00 bits per heavy atom. The first-order chi connectivity index (χ1) is 9.62. The molecule has 1 fully saturated rings. The van der Waals surface area contributed by atoms with Crippen LogP contribution in [0, 0.1) is 5.92 Å². The van der Waals surface area contributed by atoms with Gasteiger partial charge in [0, 0.05) is 0 Å². The molecule has 2 aromatic carbocycles. The number of rotatable bonds is 3. The molecule has 2 aliphatic carbocycles. The van der Waals surface area contributed by atoms with Gasteiger partial charge in [-0.05, 0) is 42.0 Å². The molecule has 4 heteroatoms. The highest BCUT2D eigenvalue weighted by Crippen LogP contribution is 2.60. The minimum absolute atomic E-state index is 0.337. The van der Waals surface area contributed by atoms with Gasteiger partial charge in [-0.15, -0.1) is 0 Å². The Balaban J connectivity index is 1.72. The summed E-state index contributed by atoms with van der Waals surface area (Å²) < 4.78 is 28.0. The van der Waals surface area contributed by atoms with Crippen LogP contribution < -0.4 is 4.72 Å². The molecular weight excluding hydrogens is 270 g/mol. The van der Waals surface area contributed by atoms with E-state index in [1.165, 1.54) is 5.56 Å². The Morgan fingerprint density at radius 2 is 1.70 bits per heavy atom. The molecule has 0 aromatic heterocycles. The highest BCUT2D eigenvalue weighted by atomic mass is 32.2. The zero-order valence-electron chi connectivity index (χ0n) is 10.9. The lowest BCUT2D eigenvalue weighted by atomic mass is 10.0. The van der Waals surface area contributed by atoms with Crippen molar-refractivity contribution >= 4 is 10.0 Å². The van der Waals surface area contributed by atoms with E-state index in [1.54, 1.807) is 24.3 Å². The van der Waals surface area contributed by atoms with E-state index < -0.39 is 10.0 Å². The van der Waals surface area contributed by atoms with Crippen LogP contribution in [-0.4, -0.2) is 8.42 Å². The number of hydrogen-bond acceptors (Lipinski definition) is 2. The number of sulfonamides is 1. The Morgan fingerprint density at radius 3 is 2.50 bits per heavy atom. The van der Waals surface area contributed by atoms with Crippen LogP contribution in [0.3, 0.4) is 0 Å². The Labute approximate surface area is 118 Å². The molecule has 0 radical (unpaired) electrons. The summed E-state index contributed by atoms with van der Waals surface area (Å²) in [6, 6.07) is 16.7. The SMILES string of the molecule is O=S(=O)(NC12CC1Cc1ccccc12)c1ccccc1. The van der Waals surface area contributed by atoms with E-state index in [4.69, 9.17) is 0 Å². The van der Waals surface area contributed by atoms with Gasteiger partial charge in [0.05, 0.1) is 10.4 Å². The zero-order chi connectivity index (χ0) is 13.8. The standard InChI is InChI=1S/C16H15NO2S/c18-20(19,14-7-2-1-3-8-14)17-16-11-13(16)10-12-6-4-5-9-15(12)16/h1-9,13,17H,10-11H2. The third-order valence-electron chi connectivity index (χ3n) is 4.44. The predicted octanol–water partition coefficient (Wildman–Crippen LogP) is 2.44. The molecule has 3 nitrogen and oxygen atoms in total. The minimum atomic E-state index is -3.45. The van der Waals surface area contributed by atoms with E-state index in [-0.39, 0.29) is 5.54 Å². The molecular formula is C16H15NO2S. The molecule has 0 spiro atoms. The van der Waals surface area contributed by atoms with Gasteiger partial charge in [0.1, 0.15) is 0 Å².